The maximum atomic E-state index is 10.4. The molecule has 0 atom stereocenters. The molecule has 0 radical (unpaired) electrons. The molecule has 1 aromatic rings. The zero-order valence-corrected chi connectivity index (χ0v) is 11.6. The van der Waals surface area contributed by atoms with Crippen LogP contribution < -0.4 is 5.73 Å². The third-order valence-electron chi connectivity index (χ3n) is 2.33. The molecule has 106 valence electrons. The lowest BCUT2D eigenvalue weighted by molar-refractivity contribution is -0.137. The van der Waals surface area contributed by atoms with E-state index in [9.17, 15) is 9.59 Å². The molecule has 0 unspecified atom stereocenters. The molecule has 0 saturated heterocycles. The largest absolute Gasteiger partial charge is 0.481 e. The van der Waals surface area contributed by atoms with E-state index in [2.05, 4.69) is 0 Å². The minimum absolute atomic E-state index is 0.294. The molecule has 1 rings (SSSR count). The number of rotatable bonds is 7. The maximum absolute atomic E-state index is 10.4. The molecule has 0 aliphatic rings. The molecule has 0 spiro atoms. The van der Waals surface area contributed by atoms with E-state index in [1.54, 1.807) is 24.3 Å². The van der Waals surface area contributed by atoms with E-state index in [4.69, 9.17) is 22.4 Å². The molecule has 5 heteroatoms. The first-order valence-electron chi connectivity index (χ1n) is 6.20. The lowest BCUT2D eigenvalue weighted by Gasteiger charge is -1.94. The van der Waals surface area contributed by atoms with Crippen molar-refractivity contribution in [3.8, 4) is 0 Å². The highest BCUT2D eigenvalue weighted by atomic mass is 35.5. The average Bonchev–Trinajstić information content (AvgIpc) is 2.40. The highest BCUT2D eigenvalue weighted by Crippen LogP contribution is 2.03. The number of hydrogen-bond acceptors (Lipinski definition) is 2. The summed E-state index contributed by atoms with van der Waals surface area (Å²) in [5.41, 5.74) is 5.53. The van der Waals surface area contributed by atoms with E-state index >= 15 is 0 Å². The fourth-order valence-corrected chi connectivity index (χ4v) is 1.52. The summed E-state index contributed by atoms with van der Waals surface area (Å²) in [5, 5.41) is 8.24. The number of nitrogens with two attached hydrogens (primary N) is 1. The number of carbonyl (C=O) groups is 2. The zero-order valence-electron chi connectivity index (χ0n) is 10.8. The number of carboxylic acid groups (broad SMARTS) is 1. The lowest BCUT2D eigenvalue weighted by atomic mass is 10.2. The Morgan fingerprint density at radius 3 is 2.05 bits per heavy atom. The van der Waals surface area contributed by atoms with Crippen LogP contribution in [0.25, 0.3) is 0 Å². The van der Waals surface area contributed by atoms with Crippen LogP contribution in [-0.4, -0.2) is 22.9 Å². The Kier molecular flexibility index (Phi) is 10.6. The van der Waals surface area contributed by atoms with Crippen LogP contribution >= 0.6 is 11.6 Å². The normalized spacial score (nSPS) is 9.32. The van der Waals surface area contributed by atoms with Crippen molar-refractivity contribution in [2.45, 2.75) is 32.1 Å². The third kappa shape index (κ3) is 11.3. The molecular weight excluding hydrogens is 266 g/mol. The molecule has 1 amide bonds. The van der Waals surface area contributed by atoms with Crippen LogP contribution in [0.15, 0.2) is 30.3 Å². The Morgan fingerprint density at radius 1 is 1.05 bits per heavy atom. The third-order valence-corrected chi connectivity index (χ3v) is 2.60. The molecule has 0 heterocycles. The predicted molar refractivity (Wildman–Crippen MR) is 76.4 cm³/mol. The van der Waals surface area contributed by atoms with Gasteiger partial charge < -0.3 is 10.8 Å². The number of hydrogen-bond donors (Lipinski definition) is 2. The molecule has 0 aliphatic carbocycles. The second-order valence-corrected chi connectivity index (χ2v) is 4.36. The van der Waals surface area contributed by atoms with Gasteiger partial charge in [-0.25, -0.2) is 0 Å². The summed E-state index contributed by atoms with van der Waals surface area (Å²) in [6, 6.07) is 8.76. The summed E-state index contributed by atoms with van der Waals surface area (Å²) in [5.74, 6) is -0.394. The van der Waals surface area contributed by atoms with E-state index in [0.717, 1.165) is 25.7 Å². The van der Waals surface area contributed by atoms with Crippen LogP contribution in [0.5, 0.6) is 0 Å². The Hall–Kier alpha value is -1.55. The van der Waals surface area contributed by atoms with E-state index in [1.165, 1.54) is 0 Å². The first-order chi connectivity index (χ1) is 9.07. The van der Waals surface area contributed by atoms with Crippen molar-refractivity contribution in [2.24, 2.45) is 5.73 Å². The van der Waals surface area contributed by atoms with Crippen molar-refractivity contribution >= 4 is 23.5 Å². The number of primary amides is 1. The molecule has 0 bridgehead atoms. The fraction of sp³-hybridized carbons (Fsp3) is 0.429. The Balaban J connectivity index is 0.000000342. The number of unbranched alkanes of at least 4 members (excludes halogenated alkanes) is 3. The van der Waals surface area contributed by atoms with Crippen molar-refractivity contribution < 1.29 is 14.7 Å². The Bertz CT molecular complexity index is 368. The highest BCUT2D eigenvalue weighted by molar-refractivity contribution is 6.17. The first-order valence-corrected chi connectivity index (χ1v) is 6.74. The summed E-state index contributed by atoms with van der Waals surface area (Å²) >= 11 is 5.43. The van der Waals surface area contributed by atoms with Gasteiger partial charge in [-0.15, -0.1) is 11.6 Å². The smallest absolute Gasteiger partial charge is 0.303 e. The standard InChI is InChI=1S/C7H13ClO2.C7H7NO/c8-6-4-2-1-3-5-7(9)10;8-7(9)6-4-2-1-3-5-6/h1-6H2,(H,9,10);1-5H,(H2,8,9). The summed E-state index contributed by atoms with van der Waals surface area (Å²) in [6.45, 7) is 0. The summed E-state index contributed by atoms with van der Waals surface area (Å²) in [4.78, 5) is 20.4. The maximum Gasteiger partial charge on any atom is 0.303 e. The second-order valence-electron chi connectivity index (χ2n) is 3.98. The number of aliphatic carboxylic acids is 1. The first kappa shape index (κ1) is 17.4. The number of halogens is 1. The fourth-order valence-electron chi connectivity index (χ4n) is 1.33. The Labute approximate surface area is 118 Å². The summed E-state index contributed by atoms with van der Waals surface area (Å²) in [6.07, 6.45) is 4.12. The number of carboxylic acids is 1. The quantitative estimate of drug-likeness (QED) is 0.597. The van der Waals surface area contributed by atoms with Gasteiger partial charge >= 0.3 is 5.97 Å². The highest BCUT2D eigenvalue weighted by Gasteiger charge is 1.95. The number of benzene rings is 1. The van der Waals surface area contributed by atoms with Crippen LogP contribution in [0.2, 0.25) is 0 Å². The zero-order chi connectivity index (χ0) is 14.5. The molecule has 0 saturated carbocycles. The molecule has 0 aliphatic heterocycles. The van der Waals surface area contributed by atoms with Crippen molar-refractivity contribution in [3.05, 3.63) is 35.9 Å². The SMILES string of the molecule is NC(=O)c1ccccc1.O=C(O)CCCCCCCl. The van der Waals surface area contributed by atoms with E-state index in [1.807, 2.05) is 6.07 Å². The number of carbonyl (C=O) groups excluding carboxylic acids is 1. The minimum atomic E-state index is -0.703. The van der Waals surface area contributed by atoms with Gasteiger partial charge in [-0.2, -0.15) is 0 Å². The van der Waals surface area contributed by atoms with Gasteiger partial charge in [-0.05, 0) is 25.0 Å². The topological polar surface area (TPSA) is 80.4 Å². The monoisotopic (exact) mass is 285 g/mol. The van der Waals surface area contributed by atoms with Crippen molar-refractivity contribution in [2.75, 3.05) is 5.88 Å². The van der Waals surface area contributed by atoms with Crippen LogP contribution in [0.1, 0.15) is 42.5 Å². The van der Waals surface area contributed by atoms with Gasteiger partial charge in [0, 0.05) is 17.9 Å². The number of alkyl halides is 1. The molecule has 0 fully saturated rings. The van der Waals surface area contributed by atoms with Gasteiger partial charge in [-0.3, -0.25) is 9.59 Å². The molecular formula is C14H20ClNO3. The molecule has 1 aromatic carbocycles. The van der Waals surface area contributed by atoms with Crippen LogP contribution in [0.4, 0.5) is 0 Å². The van der Waals surface area contributed by atoms with Gasteiger partial charge in [0.2, 0.25) is 5.91 Å². The van der Waals surface area contributed by atoms with Crippen LogP contribution in [-0.2, 0) is 4.79 Å². The van der Waals surface area contributed by atoms with E-state index in [-0.39, 0.29) is 5.91 Å². The van der Waals surface area contributed by atoms with Crippen LogP contribution in [0, 0.1) is 0 Å². The number of amides is 1. The average molecular weight is 286 g/mol. The summed E-state index contributed by atoms with van der Waals surface area (Å²) < 4.78 is 0. The lowest BCUT2D eigenvalue weighted by Crippen LogP contribution is -2.09. The van der Waals surface area contributed by atoms with Crippen molar-refractivity contribution in [1.82, 2.24) is 0 Å². The van der Waals surface area contributed by atoms with Crippen molar-refractivity contribution in [3.63, 3.8) is 0 Å². The van der Waals surface area contributed by atoms with Gasteiger partial charge in [0.1, 0.15) is 0 Å². The molecule has 19 heavy (non-hydrogen) atoms. The molecule has 4 nitrogen and oxygen atoms in total. The molecule has 3 N–H and O–H groups in total. The van der Waals surface area contributed by atoms with E-state index in [0.29, 0.717) is 17.9 Å². The van der Waals surface area contributed by atoms with Crippen molar-refractivity contribution in [1.29, 1.82) is 0 Å². The Morgan fingerprint density at radius 2 is 1.63 bits per heavy atom. The van der Waals surface area contributed by atoms with E-state index < -0.39 is 5.97 Å². The molecule has 0 aromatic heterocycles. The van der Waals surface area contributed by atoms with Gasteiger partial charge in [-0.1, -0.05) is 31.0 Å². The van der Waals surface area contributed by atoms with Gasteiger partial charge in [0.05, 0.1) is 0 Å². The van der Waals surface area contributed by atoms with Crippen LogP contribution in [0.3, 0.4) is 0 Å². The van der Waals surface area contributed by atoms with Gasteiger partial charge in [0.15, 0.2) is 0 Å². The predicted octanol–water partition coefficient (Wildman–Crippen LogP) is 3.05. The minimum Gasteiger partial charge on any atom is -0.481 e. The summed E-state index contributed by atoms with van der Waals surface area (Å²) in [7, 11) is 0. The second kappa shape index (κ2) is 11.5. The van der Waals surface area contributed by atoms with Gasteiger partial charge in [0.25, 0.3) is 0 Å².